The van der Waals surface area contributed by atoms with Gasteiger partial charge in [0.25, 0.3) is 0 Å². The molecule has 5 N–H and O–H groups in total. The highest BCUT2D eigenvalue weighted by Gasteiger charge is 2.05. The number of rotatable bonds is 4. The Morgan fingerprint density at radius 3 is 2.83 bits per heavy atom. The molecule has 0 spiro atoms. The molecule has 92 valence electrons. The van der Waals surface area contributed by atoms with E-state index in [0.717, 1.165) is 5.69 Å². The third-order valence-corrected chi connectivity index (χ3v) is 2.44. The van der Waals surface area contributed by atoms with Crippen molar-refractivity contribution in [3.63, 3.8) is 0 Å². The Labute approximate surface area is 104 Å². The lowest BCUT2D eigenvalue weighted by molar-refractivity contribution is 0.100. The van der Waals surface area contributed by atoms with E-state index in [0.29, 0.717) is 23.5 Å². The molecular formula is C12H13N5O. The fourth-order valence-corrected chi connectivity index (χ4v) is 1.47. The van der Waals surface area contributed by atoms with Crippen LogP contribution in [0.2, 0.25) is 0 Å². The van der Waals surface area contributed by atoms with Gasteiger partial charge in [0.1, 0.15) is 6.33 Å². The molecule has 0 bridgehead atoms. The van der Waals surface area contributed by atoms with Crippen LogP contribution in [0.3, 0.4) is 0 Å². The van der Waals surface area contributed by atoms with Crippen LogP contribution >= 0.6 is 0 Å². The first-order valence-corrected chi connectivity index (χ1v) is 5.35. The molecule has 0 atom stereocenters. The smallest absolute Gasteiger partial charge is 0.248 e. The molecule has 0 aliphatic heterocycles. The third-order valence-electron chi connectivity index (χ3n) is 2.44. The number of hydrogen-bond acceptors (Lipinski definition) is 5. The van der Waals surface area contributed by atoms with Crippen molar-refractivity contribution < 1.29 is 4.79 Å². The summed E-state index contributed by atoms with van der Waals surface area (Å²) < 4.78 is 0. The average molecular weight is 243 g/mol. The normalized spacial score (nSPS) is 10.0. The zero-order valence-corrected chi connectivity index (χ0v) is 9.63. The van der Waals surface area contributed by atoms with Crippen molar-refractivity contribution in [1.82, 2.24) is 9.97 Å². The predicted octanol–water partition coefficient (Wildman–Crippen LogP) is 0.770. The number of anilines is 2. The number of nitrogens with zero attached hydrogens (tertiary/aromatic N) is 2. The first-order valence-electron chi connectivity index (χ1n) is 5.35. The van der Waals surface area contributed by atoms with Gasteiger partial charge < -0.3 is 16.8 Å². The Morgan fingerprint density at radius 1 is 1.33 bits per heavy atom. The van der Waals surface area contributed by atoms with E-state index in [9.17, 15) is 4.79 Å². The maximum atomic E-state index is 11.1. The summed E-state index contributed by atoms with van der Waals surface area (Å²) in [5.41, 5.74) is 13.5. The minimum absolute atomic E-state index is 0.411. The van der Waals surface area contributed by atoms with Crippen LogP contribution in [0.25, 0.3) is 0 Å². The van der Waals surface area contributed by atoms with E-state index in [1.807, 2.05) is 0 Å². The van der Waals surface area contributed by atoms with Gasteiger partial charge in [0, 0.05) is 11.8 Å². The molecule has 2 aromatic rings. The number of aromatic nitrogens is 2. The van der Waals surface area contributed by atoms with Crippen molar-refractivity contribution in [2.75, 3.05) is 11.1 Å². The van der Waals surface area contributed by atoms with Crippen molar-refractivity contribution in [2.24, 2.45) is 5.73 Å². The number of primary amides is 1. The molecule has 0 aliphatic rings. The second kappa shape index (κ2) is 5.13. The molecule has 0 saturated carbocycles. The fourth-order valence-electron chi connectivity index (χ4n) is 1.47. The van der Waals surface area contributed by atoms with Gasteiger partial charge in [-0.1, -0.05) is 0 Å². The Hall–Kier alpha value is -2.63. The lowest BCUT2D eigenvalue weighted by Gasteiger charge is -2.09. The van der Waals surface area contributed by atoms with Crippen molar-refractivity contribution in [2.45, 2.75) is 6.54 Å². The fraction of sp³-hybridized carbons (Fsp3) is 0.0833. The summed E-state index contributed by atoms with van der Waals surface area (Å²) in [4.78, 5) is 19.0. The van der Waals surface area contributed by atoms with Crippen LogP contribution in [0, 0.1) is 0 Å². The summed E-state index contributed by atoms with van der Waals surface area (Å²) in [6, 6.07) is 6.65. The number of nitrogens with two attached hydrogens (primary N) is 2. The maximum absolute atomic E-state index is 11.1. The second-order valence-corrected chi connectivity index (χ2v) is 3.72. The Balaban J connectivity index is 2.14. The predicted molar refractivity (Wildman–Crippen MR) is 68.7 cm³/mol. The Morgan fingerprint density at radius 2 is 2.17 bits per heavy atom. The Bertz CT molecular complexity index is 556. The van der Waals surface area contributed by atoms with Crippen molar-refractivity contribution in [1.29, 1.82) is 0 Å². The molecule has 6 heteroatoms. The van der Waals surface area contributed by atoms with E-state index in [2.05, 4.69) is 15.3 Å². The largest absolute Gasteiger partial charge is 0.397 e. The van der Waals surface area contributed by atoms with Gasteiger partial charge in [-0.05, 0) is 24.3 Å². The van der Waals surface area contributed by atoms with Gasteiger partial charge in [-0.15, -0.1) is 0 Å². The van der Waals surface area contributed by atoms with Gasteiger partial charge >= 0.3 is 0 Å². The number of nitrogen functional groups attached to an aromatic ring is 1. The Kier molecular flexibility index (Phi) is 3.38. The van der Waals surface area contributed by atoms with Crippen LogP contribution in [0.5, 0.6) is 0 Å². The molecule has 0 saturated heterocycles. The maximum Gasteiger partial charge on any atom is 0.248 e. The van der Waals surface area contributed by atoms with Crippen molar-refractivity contribution >= 4 is 17.3 Å². The highest BCUT2D eigenvalue weighted by Crippen LogP contribution is 2.20. The zero-order valence-electron chi connectivity index (χ0n) is 9.63. The summed E-state index contributed by atoms with van der Waals surface area (Å²) in [7, 11) is 0. The molecule has 0 unspecified atom stereocenters. The van der Waals surface area contributed by atoms with Gasteiger partial charge in [0.2, 0.25) is 5.91 Å². The van der Waals surface area contributed by atoms with E-state index >= 15 is 0 Å². The molecule has 0 aliphatic carbocycles. The first-order chi connectivity index (χ1) is 8.66. The van der Waals surface area contributed by atoms with Crippen molar-refractivity contribution in [3.8, 4) is 0 Å². The monoisotopic (exact) mass is 243 g/mol. The second-order valence-electron chi connectivity index (χ2n) is 3.72. The van der Waals surface area contributed by atoms with E-state index < -0.39 is 5.91 Å². The van der Waals surface area contributed by atoms with E-state index in [-0.39, 0.29) is 0 Å². The van der Waals surface area contributed by atoms with Gasteiger partial charge in [0.05, 0.1) is 23.6 Å². The summed E-state index contributed by atoms with van der Waals surface area (Å²) in [6.45, 7) is 0.495. The summed E-state index contributed by atoms with van der Waals surface area (Å²) in [5, 5.41) is 3.10. The number of amides is 1. The SMILES string of the molecule is NC(=O)c1ccc(N)c(NCc2ccncn2)c1. The zero-order chi connectivity index (χ0) is 13.0. The summed E-state index contributed by atoms with van der Waals surface area (Å²) in [5.74, 6) is -0.486. The van der Waals surface area contributed by atoms with Gasteiger partial charge in [-0.25, -0.2) is 9.97 Å². The van der Waals surface area contributed by atoms with Crippen molar-refractivity contribution in [3.05, 3.63) is 48.0 Å². The molecule has 18 heavy (non-hydrogen) atoms. The molecule has 2 rings (SSSR count). The van der Waals surface area contributed by atoms with Crippen LogP contribution in [0.1, 0.15) is 16.1 Å². The highest BCUT2D eigenvalue weighted by molar-refractivity contribution is 5.94. The van der Waals surface area contributed by atoms with Crippen LogP contribution < -0.4 is 16.8 Å². The number of benzene rings is 1. The van der Waals surface area contributed by atoms with E-state index in [1.54, 1.807) is 30.5 Å². The van der Waals surface area contributed by atoms with E-state index in [1.165, 1.54) is 6.33 Å². The van der Waals surface area contributed by atoms with Gasteiger partial charge in [-0.2, -0.15) is 0 Å². The first kappa shape index (κ1) is 11.8. The van der Waals surface area contributed by atoms with Crippen LogP contribution in [0.15, 0.2) is 36.8 Å². The minimum atomic E-state index is -0.486. The number of hydrogen-bond donors (Lipinski definition) is 3. The quantitative estimate of drug-likeness (QED) is 0.687. The molecule has 6 nitrogen and oxygen atoms in total. The van der Waals surface area contributed by atoms with Crippen LogP contribution in [-0.4, -0.2) is 15.9 Å². The number of carbonyl (C=O) groups is 1. The van der Waals surface area contributed by atoms with Gasteiger partial charge in [0.15, 0.2) is 0 Å². The lowest BCUT2D eigenvalue weighted by atomic mass is 10.1. The molecule has 1 heterocycles. The number of carbonyl (C=O) groups excluding carboxylic acids is 1. The van der Waals surface area contributed by atoms with Crippen LogP contribution in [0.4, 0.5) is 11.4 Å². The summed E-state index contributed by atoms with van der Waals surface area (Å²) >= 11 is 0. The standard InChI is InChI=1S/C12H13N5O/c13-10-2-1-8(12(14)18)5-11(10)16-6-9-3-4-15-7-17-9/h1-5,7,16H,6,13H2,(H2,14,18). The molecule has 0 fully saturated rings. The summed E-state index contributed by atoms with van der Waals surface area (Å²) in [6.07, 6.45) is 3.13. The lowest BCUT2D eigenvalue weighted by Crippen LogP contribution is -2.12. The molecule has 1 aromatic carbocycles. The molecule has 1 amide bonds. The third kappa shape index (κ3) is 2.73. The average Bonchev–Trinajstić information content (AvgIpc) is 2.38. The topological polar surface area (TPSA) is 107 Å². The van der Waals surface area contributed by atoms with E-state index in [4.69, 9.17) is 11.5 Å². The molecule has 0 radical (unpaired) electrons. The number of nitrogens with one attached hydrogen (secondary N) is 1. The minimum Gasteiger partial charge on any atom is -0.397 e. The molecular weight excluding hydrogens is 230 g/mol. The highest BCUT2D eigenvalue weighted by atomic mass is 16.1. The van der Waals surface area contributed by atoms with Gasteiger partial charge in [-0.3, -0.25) is 4.79 Å². The van der Waals surface area contributed by atoms with Crippen LogP contribution in [-0.2, 0) is 6.54 Å². The molecule has 1 aromatic heterocycles.